The van der Waals surface area contributed by atoms with Crippen LogP contribution in [0.3, 0.4) is 0 Å². The van der Waals surface area contributed by atoms with E-state index in [0.29, 0.717) is 5.92 Å². The average Bonchev–Trinajstić information content (AvgIpc) is 2.21. The van der Waals surface area contributed by atoms with Crippen molar-refractivity contribution in [3.63, 3.8) is 0 Å². The van der Waals surface area contributed by atoms with Gasteiger partial charge in [0.05, 0.1) is 6.61 Å². The van der Waals surface area contributed by atoms with Crippen LogP contribution in [-0.4, -0.2) is 17.8 Å². The molecule has 0 radical (unpaired) electrons. The van der Waals surface area contributed by atoms with Crippen molar-refractivity contribution in [1.29, 1.82) is 0 Å². The van der Waals surface area contributed by atoms with Crippen LogP contribution in [0, 0.1) is 12.8 Å². The molecular formula is C13H21NO. The van der Waals surface area contributed by atoms with Crippen molar-refractivity contribution in [2.24, 2.45) is 5.92 Å². The van der Waals surface area contributed by atoms with E-state index >= 15 is 0 Å². The first-order valence-corrected chi connectivity index (χ1v) is 5.54. The van der Waals surface area contributed by atoms with Crippen LogP contribution in [0.25, 0.3) is 0 Å². The van der Waals surface area contributed by atoms with Crippen molar-refractivity contribution >= 4 is 0 Å². The quantitative estimate of drug-likeness (QED) is 0.775. The number of hydrogen-bond acceptors (Lipinski definition) is 2. The van der Waals surface area contributed by atoms with E-state index in [2.05, 4.69) is 38.2 Å². The summed E-state index contributed by atoms with van der Waals surface area (Å²) in [4.78, 5) is 0. The van der Waals surface area contributed by atoms with Crippen molar-refractivity contribution in [3.8, 4) is 0 Å². The van der Waals surface area contributed by atoms with Crippen molar-refractivity contribution in [3.05, 3.63) is 35.4 Å². The zero-order valence-corrected chi connectivity index (χ0v) is 9.83. The minimum Gasteiger partial charge on any atom is -0.395 e. The van der Waals surface area contributed by atoms with Gasteiger partial charge in [0, 0.05) is 12.6 Å². The minimum atomic E-state index is 0.185. The van der Waals surface area contributed by atoms with E-state index in [9.17, 15) is 5.11 Å². The van der Waals surface area contributed by atoms with Gasteiger partial charge in [-0.15, -0.1) is 0 Å². The third-order valence-corrected chi connectivity index (χ3v) is 2.82. The molecule has 0 heterocycles. The lowest BCUT2D eigenvalue weighted by Gasteiger charge is -2.20. The summed E-state index contributed by atoms with van der Waals surface area (Å²) in [7, 11) is 0. The minimum absolute atomic E-state index is 0.185. The van der Waals surface area contributed by atoms with Gasteiger partial charge in [-0.05, 0) is 24.0 Å². The summed E-state index contributed by atoms with van der Waals surface area (Å²) < 4.78 is 0. The van der Waals surface area contributed by atoms with E-state index in [-0.39, 0.29) is 12.6 Å². The van der Waals surface area contributed by atoms with Gasteiger partial charge >= 0.3 is 0 Å². The number of aliphatic hydroxyl groups excluding tert-OH is 1. The molecule has 0 spiro atoms. The van der Waals surface area contributed by atoms with Gasteiger partial charge in [0.15, 0.2) is 0 Å². The van der Waals surface area contributed by atoms with Crippen molar-refractivity contribution in [2.45, 2.75) is 33.4 Å². The lowest BCUT2D eigenvalue weighted by atomic mass is 10.0. The Labute approximate surface area is 92.3 Å². The first-order valence-electron chi connectivity index (χ1n) is 5.54. The smallest absolute Gasteiger partial charge is 0.0587 e. The van der Waals surface area contributed by atoms with Gasteiger partial charge in [0.25, 0.3) is 0 Å². The van der Waals surface area contributed by atoms with E-state index < -0.39 is 0 Å². The van der Waals surface area contributed by atoms with Crippen molar-refractivity contribution < 1.29 is 5.11 Å². The van der Waals surface area contributed by atoms with E-state index in [1.807, 2.05) is 12.1 Å². The monoisotopic (exact) mass is 207 g/mol. The van der Waals surface area contributed by atoms with Gasteiger partial charge in [-0.1, -0.05) is 38.1 Å². The first-order chi connectivity index (χ1) is 7.15. The maximum atomic E-state index is 9.18. The van der Waals surface area contributed by atoms with Gasteiger partial charge in [-0.3, -0.25) is 0 Å². The van der Waals surface area contributed by atoms with Crippen LogP contribution >= 0.6 is 0 Å². The SMILES string of the molecule is Cc1ccccc1CNC(CO)C(C)C. The molecule has 0 saturated heterocycles. The summed E-state index contributed by atoms with van der Waals surface area (Å²) in [5, 5.41) is 12.6. The molecule has 2 heteroatoms. The summed E-state index contributed by atoms with van der Waals surface area (Å²) in [6.07, 6.45) is 0. The van der Waals surface area contributed by atoms with Gasteiger partial charge in [-0.2, -0.15) is 0 Å². The highest BCUT2D eigenvalue weighted by atomic mass is 16.3. The van der Waals surface area contributed by atoms with Crippen LogP contribution in [-0.2, 0) is 6.54 Å². The Morgan fingerprint density at radius 1 is 1.27 bits per heavy atom. The van der Waals surface area contributed by atoms with Crippen LogP contribution in [0.2, 0.25) is 0 Å². The van der Waals surface area contributed by atoms with Crippen LogP contribution in [0.5, 0.6) is 0 Å². The molecule has 0 fully saturated rings. The summed E-state index contributed by atoms with van der Waals surface area (Å²) in [6.45, 7) is 7.37. The number of aliphatic hydroxyl groups is 1. The third-order valence-electron chi connectivity index (χ3n) is 2.82. The Hall–Kier alpha value is -0.860. The molecule has 1 atom stereocenters. The molecule has 0 aliphatic rings. The molecule has 0 aromatic heterocycles. The van der Waals surface area contributed by atoms with E-state index in [4.69, 9.17) is 0 Å². The molecule has 0 bridgehead atoms. The zero-order chi connectivity index (χ0) is 11.3. The van der Waals surface area contributed by atoms with Crippen molar-refractivity contribution in [2.75, 3.05) is 6.61 Å². The second kappa shape index (κ2) is 5.89. The molecule has 2 N–H and O–H groups in total. The van der Waals surface area contributed by atoms with Gasteiger partial charge < -0.3 is 10.4 Å². The molecule has 0 amide bonds. The normalized spacial score (nSPS) is 13.1. The van der Waals surface area contributed by atoms with Gasteiger partial charge in [0.1, 0.15) is 0 Å². The van der Waals surface area contributed by atoms with Gasteiger partial charge in [0.2, 0.25) is 0 Å². The molecule has 0 aliphatic carbocycles. The fourth-order valence-electron chi connectivity index (χ4n) is 1.56. The molecule has 84 valence electrons. The Morgan fingerprint density at radius 2 is 1.93 bits per heavy atom. The van der Waals surface area contributed by atoms with E-state index in [1.54, 1.807) is 0 Å². The molecule has 15 heavy (non-hydrogen) atoms. The van der Waals surface area contributed by atoms with E-state index in [1.165, 1.54) is 11.1 Å². The first kappa shape index (κ1) is 12.2. The number of rotatable bonds is 5. The van der Waals surface area contributed by atoms with E-state index in [0.717, 1.165) is 6.54 Å². The summed E-state index contributed by atoms with van der Waals surface area (Å²) in [5.74, 6) is 0.457. The third kappa shape index (κ3) is 3.65. The van der Waals surface area contributed by atoms with Crippen molar-refractivity contribution in [1.82, 2.24) is 5.32 Å². The summed E-state index contributed by atoms with van der Waals surface area (Å²) in [6, 6.07) is 8.51. The second-order valence-corrected chi connectivity index (χ2v) is 4.34. The standard InChI is InChI=1S/C13H21NO/c1-10(2)13(9-15)14-8-12-7-5-4-6-11(12)3/h4-7,10,13-15H,8-9H2,1-3H3. The van der Waals surface area contributed by atoms with Crippen LogP contribution in [0.15, 0.2) is 24.3 Å². The molecular weight excluding hydrogens is 186 g/mol. The maximum Gasteiger partial charge on any atom is 0.0587 e. The fraction of sp³-hybridized carbons (Fsp3) is 0.538. The zero-order valence-electron chi connectivity index (χ0n) is 9.83. The largest absolute Gasteiger partial charge is 0.395 e. The highest BCUT2D eigenvalue weighted by Crippen LogP contribution is 2.08. The fourth-order valence-corrected chi connectivity index (χ4v) is 1.56. The predicted octanol–water partition coefficient (Wildman–Crippen LogP) is 2.10. The lowest BCUT2D eigenvalue weighted by Crippen LogP contribution is -2.36. The van der Waals surface area contributed by atoms with Crippen LogP contribution in [0.4, 0.5) is 0 Å². The molecule has 0 aliphatic heterocycles. The molecule has 2 nitrogen and oxygen atoms in total. The predicted molar refractivity (Wildman–Crippen MR) is 63.7 cm³/mol. The molecule has 1 unspecified atom stereocenters. The Kier molecular flexibility index (Phi) is 4.79. The number of aryl methyl sites for hydroxylation is 1. The average molecular weight is 207 g/mol. The highest BCUT2D eigenvalue weighted by molar-refractivity contribution is 5.25. The van der Waals surface area contributed by atoms with Crippen LogP contribution < -0.4 is 5.32 Å². The molecule has 1 aromatic carbocycles. The molecule has 1 aromatic rings. The number of hydrogen-bond donors (Lipinski definition) is 2. The Balaban J connectivity index is 2.53. The highest BCUT2D eigenvalue weighted by Gasteiger charge is 2.11. The Bertz CT molecular complexity index is 296. The Morgan fingerprint density at radius 3 is 2.47 bits per heavy atom. The topological polar surface area (TPSA) is 32.3 Å². The maximum absolute atomic E-state index is 9.18. The number of benzene rings is 1. The molecule has 1 rings (SSSR count). The summed E-state index contributed by atoms with van der Waals surface area (Å²) in [5.41, 5.74) is 2.60. The number of nitrogens with one attached hydrogen (secondary N) is 1. The van der Waals surface area contributed by atoms with Gasteiger partial charge in [-0.25, -0.2) is 0 Å². The summed E-state index contributed by atoms with van der Waals surface area (Å²) >= 11 is 0. The van der Waals surface area contributed by atoms with Crippen LogP contribution in [0.1, 0.15) is 25.0 Å². The second-order valence-electron chi connectivity index (χ2n) is 4.34. The lowest BCUT2D eigenvalue weighted by molar-refractivity contribution is 0.210. The molecule has 0 saturated carbocycles.